The zero-order chi connectivity index (χ0) is 8.27. The molecule has 0 amide bonds. The fourth-order valence-corrected chi connectivity index (χ4v) is 1.09. The largest absolute Gasteiger partial charge is 0.481 e. The minimum absolute atomic E-state index is 0.0771. The molecule has 0 aromatic heterocycles. The summed E-state index contributed by atoms with van der Waals surface area (Å²) in [7, 11) is 0. The fourth-order valence-electron chi connectivity index (χ4n) is 1.09. The number of rotatable bonds is 2. The summed E-state index contributed by atoms with van der Waals surface area (Å²) in [6.07, 6.45) is 0.328. The summed E-state index contributed by atoms with van der Waals surface area (Å²) in [5, 5.41) is 8.43. The lowest BCUT2D eigenvalue weighted by Gasteiger charge is -2.26. The molecule has 4 nitrogen and oxygen atoms in total. The van der Waals surface area contributed by atoms with Gasteiger partial charge in [-0.25, -0.2) is 0 Å². The molecule has 0 aliphatic carbocycles. The molecule has 1 rings (SSSR count). The van der Waals surface area contributed by atoms with E-state index in [0.29, 0.717) is 13.0 Å². The number of hydrogen-bond acceptors (Lipinski definition) is 3. The van der Waals surface area contributed by atoms with Crippen LogP contribution in [0.1, 0.15) is 19.8 Å². The molecule has 1 N–H and O–H groups in total. The first-order valence-corrected chi connectivity index (χ1v) is 3.67. The maximum atomic E-state index is 10.3. The minimum atomic E-state index is -0.816. The van der Waals surface area contributed by atoms with Crippen LogP contribution in [-0.4, -0.2) is 30.1 Å². The van der Waals surface area contributed by atoms with Gasteiger partial charge in [0.25, 0.3) is 0 Å². The molecule has 0 aromatic carbocycles. The maximum absolute atomic E-state index is 10.3. The van der Waals surface area contributed by atoms with Gasteiger partial charge in [0, 0.05) is 0 Å². The van der Waals surface area contributed by atoms with E-state index >= 15 is 0 Å². The highest BCUT2D eigenvalue weighted by atomic mass is 16.7. The number of ether oxygens (including phenoxy) is 2. The molecule has 1 aliphatic heterocycles. The third-order valence-corrected chi connectivity index (χ3v) is 1.58. The second-order valence-corrected chi connectivity index (χ2v) is 2.58. The third-order valence-electron chi connectivity index (χ3n) is 1.58. The van der Waals surface area contributed by atoms with Crippen LogP contribution >= 0.6 is 0 Å². The molecular formula is C7H12O4. The van der Waals surface area contributed by atoms with Gasteiger partial charge < -0.3 is 14.6 Å². The van der Waals surface area contributed by atoms with Gasteiger partial charge in [-0.15, -0.1) is 0 Å². The summed E-state index contributed by atoms with van der Waals surface area (Å²) in [6.45, 7) is 2.37. The van der Waals surface area contributed by atoms with Crippen molar-refractivity contribution in [2.75, 3.05) is 6.61 Å². The Bertz CT molecular complexity index is 145. The van der Waals surface area contributed by atoms with Gasteiger partial charge in [0.05, 0.1) is 19.1 Å². The molecule has 1 saturated heterocycles. The van der Waals surface area contributed by atoms with Crippen molar-refractivity contribution in [3.8, 4) is 0 Å². The van der Waals surface area contributed by atoms with Gasteiger partial charge in [-0.1, -0.05) is 0 Å². The number of carboxylic acids is 1. The minimum Gasteiger partial charge on any atom is -0.481 e. The number of aliphatic carboxylic acids is 1. The first kappa shape index (κ1) is 8.49. The highest BCUT2D eigenvalue weighted by molar-refractivity contribution is 5.67. The molecule has 1 fully saturated rings. The summed E-state index contributed by atoms with van der Waals surface area (Å²) >= 11 is 0. The maximum Gasteiger partial charge on any atom is 0.305 e. The average molecular weight is 160 g/mol. The molecule has 64 valence electrons. The van der Waals surface area contributed by atoms with Crippen molar-refractivity contribution in [2.24, 2.45) is 0 Å². The molecule has 1 heterocycles. The fraction of sp³-hybridized carbons (Fsp3) is 0.857. The first-order valence-electron chi connectivity index (χ1n) is 3.67. The highest BCUT2D eigenvalue weighted by Crippen LogP contribution is 2.14. The second-order valence-electron chi connectivity index (χ2n) is 2.58. The summed E-state index contributed by atoms with van der Waals surface area (Å²) in [5.74, 6) is -0.816. The molecule has 2 unspecified atom stereocenters. The molecule has 0 aromatic rings. The van der Waals surface area contributed by atoms with Gasteiger partial charge >= 0.3 is 5.97 Å². The van der Waals surface area contributed by atoms with Gasteiger partial charge in [-0.2, -0.15) is 0 Å². The van der Waals surface area contributed by atoms with E-state index in [0.717, 1.165) is 0 Å². The topological polar surface area (TPSA) is 55.8 Å². The summed E-state index contributed by atoms with van der Waals surface area (Å²) in [5.41, 5.74) is 0. The van der Waals surface area contributed by atoms with Gasteiger partial charge in [-0.05, 0) is 13.3 Å². The molecule has 0 bridgehead atoms. The van der Waals surface area contributed by atoms with Crippen molar-refractivity contribution in [2.45, 2.75) is 32.2 Å². The van der Waals surface area contributed by atoms with Crippen LogP contribution in [0.15, 0.2) is 0 Å². The molecule has 0 spiro atoms. The Balaban J connectivity index is 2.28. The predicted octanol–water partition coefficient (Wildman–Crippen LogP) is 0.613. The zero-order valence-electron chi connectivity index (χ0n) is 6.45. The van der Waals surface area contributed by atoms with Crippen LogP contribution in [0.25, 0.3) is 0 Å². The number of hydrogen-bond donors (Lipinski definition) is 1. The van der Waals surface area contributed by atoms with E-state index in [1.54, 1.807) is 6.92 Å². The Hall–Kier alpha value is -0.610. The molecule has 1 aliphatic rings. The van der Waals surface area contributed by atoms with Gasteiger partial charge in [0.15, 0.2) is 6.29 Å². The molecule has 0 saturated carbocycles. The van der Waals surface area contributed by atoms with Crippen molar-refractivity contribution in [1.29, 1.82) is 0 Å². The summed E-state index contributed by atoms with van der Waals surface area (Å²) < 4.78 is 10.3. The van der Waals surface area contributed by atoms with Crippen LogP contribution in [0.2, 0.25) is 0 Å². The van der Waals surface area contributed by atoms with Crippen molar-refractivity contribution in [1.82, 2.24) is 0 Å². The lowest BCUT2D eigenvalue weighted by atomic mass is 10.2. The Morgan fingerprint density at radius 2 is 2.45 bits per heavy atom. The van der Waals surface area contributed by atoms with Crippen molar-refractivity contribution in [3.05, 3.63) is 0 Å². The lowest BCUT2D eigenvalue weighted by Crippen LogP contribution is -2.31. The van der Waals surface area contributed by atoms with Gasteiger partial charge in [-0.3, -0.25) is 4.79 Å². The third kappa shape index (κ3) is 2.86. The van der Waals surface area contributed by atoms with Crippen molar-refractivity contribution in [3.63, 3.8) is 0 Å². The zero-order valence-corrected chi connectivity index (χ0v) is 6.45. The monoisotopic (exact) mass is 160 g/mol. The van der Waals surface area contributed by atoms with Crippen LogP contribution in [0, 0.1) is 0 Å². The van der Waals surface area contributed by atoms with Crippen LogP contribution < -0.4 is 0 Å². The molecule has 4 heteroatoms. The lowest BCUT2D eigenvalue weighted by molar-refractivity contribution is -0.205. The van der Waals surface area contributed by atoms with Gasteiger partial charge in [0.2, 0.25) is 0 Å². The van der Waals surface area contributed by atoms with Crippen LogP contribution in [-0.2, 0) is 14.3 Å². The Morgan fingerprint density at radius 1 is 1.73 bits per heavy atom. The first-order chi connectivity index (χ1) is 5.18. The number of carbonyl (C=O) groups is 1. The molecule has 0 radical (unpaired) electrons. The normalized spacial score (nSPS) is 31.7. The van der Waals surface area contributed by atoms with E-state index in [1.807, 2.05) is 0 Å². The number of carboxylic acid groups (broad SMARTS) is 1. The smallest absolute Gasteiger partial charge is 0.305 e. The van der Waals surface area contributed by atoms with Crippen LogP contribution in [0.5, 0.6) is 0 Å². The average Bonchev–Trinajstić information content (AvgIpc) is 1.85. The van der Waals surface area contributed by atoms with Crippen molar-refractivity contribution < 1.29 is 19.4 Å². The van der Waals surface area contributed by atoms with E-state index < -0.39 is 5.97 Å². The Morgan fingerprint density at radius 3 is 3.00 bits per heavy atom. The quantitative estimate of drug-likeness (QED) is 0.643. The summed E-state index contributed by atoms with van der Waals surface area (Å²) in [6, 6.07) is 0. The molecule has 2 atom stereocenters. The van der Waals surface area contributed by atoms with E-state index in [-0.39, 0.29) is 18.8 Å². The van der Waals surface area contributed by atoms with Crippen molar-refractivity contribution >= 4 is 5.97 Å². The Labute approximate surface area is 65.1 Å². The molecular weight excluding hydrogens is 148 g/mol. The van der Waals surface area contributed by atoms with E-state index in [2.05, 4.69) is 0 Å². The van der Waals surface area contributed by atoms with Crippen LogP contribution in [0.3, 0.4) is 0 Å². The van der Waals surface area contributed by atoms with Crippen LogP contribution in [0.4, 0.5) is 0 Å². The highest BCUT2D eigenvalue weighted by Gasteiger charge is 2.21. The predicted molar refractivity (Wildman–Crippen MR) is 37.2 cm³/mol. The van der Waals surface area contributed by atoms with E-state index in [9.17, 15) is 4.79 Å². The SMILES string of the molecule is CC1OCCC(CC(=O)O)O1. The van der Waals surface area contributed by atoms with Gasteiger partial charge in [0.1, 0.15) is 0 Å². The van der Waals surface area contributed by atoms with E-state index in [1.165, 1.54) is 0 Å². The molecule has 11 heavy (non-hydrogen) atoms. The van der Waals surface area contributed by atoms with E-state index in [4.69, 9.17) is 14.6 Å². The standard InChI is InChI=1S/C7H12O4/c1-5-10-3-2-6(11-5)4-7(8)9/h5-6H,2-4H2,1H3,(H,8,9). The Kier molecular flexibility index (Phi) is 2.84. The second kappa shape index (κ2) is 3.69. The summed E-state index contributed by atoms with van der Waals surface area (Å²) in [4.78, 5) is 10.3.